The smallest absolute Gasteiger partial charge is 0.271 e. The first-order chi connectivity index (χ1) is 14.2. The molecule has 1 saturated heterocycles. The maximum absolute atomic E-state index is 11.8. The topological polar surface area (TPSA) is 131 Å². The standard InChI is InChI=1S/C20H22N8O/c21-18(29)17-20(28-16(12-25-17)26-15-3-1-8-22-11-15)27-14-6-4-13(5-7-14)19-23-9-2-10-24-19/h2,4-7,9-10,12,15,22H,1,3,8,11H2,(H2,21,29)(H2,26,27,28)/t15-/m0/s1. The number of amides is 1. The van der Waals surface area contributed by atoms with Crippen molar-refractivity contribution < 1.29 is 4.79 Å². The number of nitrogens with zero attached hydrogens (tertiary/aromatic N) is 4. The second kappa shape index (κ2) is 8.61. The molecule has 3 heterocycles. The average molecular weight is 390 g/mol. The van der Waals surface area contributed by atoms with Crippen LogP contribution in [-0.4, -0.2) is 45.0 Å². The van der Waals surface area contributed by atoms with Crippen molar-refractivity contribution in [1.82, 2.24) is 25.3 Å². The van der Waals surface area contributed by atoms with Gasteiger partial charge in [-0.25, -0.2) is 19.9 Å². The van der Waals surface area contributed by atoms with Gasteiger partial charge in [-0.2, -0.15) is 0 Å². The summed E-state index contributed by atoms with van der Waals surface area (Å²) in [7, 11) is 0. The Morgan fingerprint density at radius 1 is 1.14 bits per heavy atom. The first-order valence-electron chi connectivity index (χ1n) is 9.47. The minimum absolute atomic E-state index is 0.0905. The summed E-state index contributed by atoms with van der Waals surface area (Å²) in [6.07, 6.45) is 7.09. The number of anilines is 3. The second-order valence-electron chi connectivity index (χ2n) is 6.78. The third-order valence-electron chi connectivity index (χ3n) is 4.63. The third-order valence-corrected chi connectivity index (χ3v) is 4.63. The Balaban J connectivity index is 1.54. The SMILES string of the molecule is NC(=O)c1ncc(N[C@H]2CCCNC2)nc1Nc1ccc(-c2ncccn2)cc1. The Morgan fingerprint density at radius 2 is 1.93 bits per heavy atom. The van der Waals surface area contributed by atoms with Crippen molar-refractivity contribution in [3.8, 4) is 11.4 Å². The zero-order valence-electron chi connectivity index (χ0n) is 15.8. The molecule has 0 bridgehead atoms. The van der Waals surface area contributed by atoms with E-state index < -0.39 is 5.91 Å². The molecule has 0 aliphatic carbocycles. The number of primary amides is 1. The number of carbonyl (C=O) groups is 1. The number of nitrogens with two attached hydrogens (primary N) is 1. The lowest BCUT2D eigenvalue weighted by Gasteiger charge is -2.24. The minimum atomic E-state index is -0.639. The normalized spacial score (nSPS) is 16.2. The fourth-order valence-electron chi connectivity index (χ4n) is 3.20. The molecule has 9 heteroatoms. The van der Waals surface area contributed by atoms with Gasteiger partial charge in [0.05, 0.1) is 6.20 Å². The lowest BCUT2D eigenvalue weighted by molar-refractivity contribution is 0.0996. The lowest BCUT2D eigenvalue weighted by atomic mass is 10.1. The summed E-state index contributed by atoms with van der Waals surface area (Å²) in [5.41, 5.74) is 7.20. The van der Waals surface area contributed by atoms with Gasteiger partial charge in [-0.3, -0.25) is 4.79 Å². The zero-order chi connectivity index (χ0) is 20.1. The van der Waals surface area contributed by atoms with E-state index in [0.717, 1.165) is 37.2 Å². The molecule has 0 spiro atoms. The van der Waals surface area contributed by atoms with Gasteiger partial charge in [0.15, 0.2) is 17.3 Å². The van der Waals surface area contributed by atoms with Gasteiger partial charge in [0.1, 0.15) is 5.82 Å². The monoisotopic (exact) mass is 390 g/mol. The number of hydrogen-bond acceptors (Lipinski definition) is 8. The van der Waals surface area contributed by atoms with Crippen molar-refractivity contribution >= 4 is 23.2 Å². The highest BCUT2D eigenvalue weighted by atomic mass is 16.1. The summed E-state index contributed by atoms with van der Waals surface area (Å²) < 4.78 is 0. The van der Waals surface area contributed by atoms with Crippen LogP contribution < -0.4 is 21.7 Å². The molecule has 3 aromatic rings. The van der Waals surface area contributed by atoms with E-state index in [1.165, 1.54) is 6.20 Å². The summed E-state index contributed by atoms with van der Waals surface area (Å²) in [5.74, 6) is 0.916. The number of benzene rings is 1. The molecule has 0 unspecified atom stereocenters. The summed E-state index contributed by atoms with van der Waals surface area (Å²) in [6.45, 7) is 1.90. The van der Waals surface area contributed by atoms with Crippen LogP contribution >= 0.6 is 0 Å². The maximum Gasteiger partial charge on any atom is 0.271 e. The summed E-state index contributed by atoms with van der Waals surface area (Å²) in [4.78, 5) is 29.0. The molecule has 0 radical (unpaired) electrons. The van der Waals surface area contributed by atoms with Gasteiger partial charge in [0.25, 0.3) is 5.91 Å². The number of aromatic nitrogens is 4. The molecular formula is C20H22N8O. The van der Waals surface area contributed by atoms with Crippen LogP contribution in [0.3, 0.4) is 0 Å². The summed E-state index contributed by atoms with van der Waals surface area (Å²) in [5, 5.41) is 9.85. The molecule has 0 saturated carbocycles. The van der Waals surface area contributed by atoms with Crippen LogP contribution in [0.15, 0.2) is 48.9 Å². The van der Waals surface area contributed by atoms with Crippen molar-refractivity contribution in [3.63, 3.8) is 0 Å². The Bertz CT molecular complexity index is 972. The quantitative estimate of drug-likeness (QED) is 0.502. The van der Waals surface area contributed by atoms with Crippen molar-refractivity contribution in [1.29, 1.82) is 0 Å². The van der Waals surface area contributed by atoms with E-state index in [1.807, 2.05) is 24.3 Å². The zero-order valence-corrected chi connectivity index (χ0v) is 15.8. The van der Waals surface area contributed by atoms with E-state index in [1.54, 1.807) is 18.5 Å². The van der Waals surface area contributed by atoms with Crippen LogP contribution in [-0.2, 0) is 0 Å². The van der Waals surface area contributed by atoms with Crippen LogP contribution in [0.25, 0.3) is 11.4 Å². The van der Waals surface area contributed by atoms with Gasteiger partial charge in [-0.1, -0.05) is 0 Å². The van der Waals surface area contributed by atoms with Crippen LogP contribution in [0.5, 0.6) is 0 Å². The second-order valence-corrected chi connectivity index (χ2v) is 6.78. The maximum atomic E-state index is 11.8. The Kier molecular flexibility index (Phi) is 5.57. The van der Waals surface area contributed by atoms with Gasteiger partial charge in [-0.05, 0) is 49.7 Å². The van der Waals surface area contributed by atoms with Gasteiger partial charge in [0.2, 0.25) is 0 Å². The van der Waals surface area contributed by atoms with Crippen molar-refractivity contribution in [2.24, 2.45) is 5.73 Å². The highest BCUT2D eigenvalue weighted by Gasteiger charge is 2.17. The number of rotatable bonds is 6. The van der Waals surface area contributed by atoms with Gasteiger partial charge < -0.3 is 21.7 Å². The van der Waals surface area contributed by atoms with Gasteiger partial charge in [-0.15, -0.1) is 0 Å². The Hall–Kier alpha value is -3.59. The van der Waals surface area contributed by atoms with E-state index in [2.05, 4.69) is 35.9 Å². The molecule has 1 amide bonds. The third kappa shape index (κ3) is 4.64. The average Bonchev–Trinajstić information content (AvgIpc) is 2.76. The van der Waals surface area contributed by atoms with E-state index >= 15 is 0 Å². The summed E-state index contributed by atoms with van der Waals surface area (Å²) in [6, 6.07) is 9.56. The molecule has 1 aliphatic heterocycles. The largest absolute Gasteiger partial charge is 0.365 e. The number of carbonyl (C=O) groups excluding carboxylic acids is 1. The first kappa shape index (κ1) is 18.8. The molecule has 1 atom stereocenters. The van der Waals surface area contributed by atoms with Crippen LogP contribution in [0.2, 0.25) is 0 Å². The van der Waals surface area contributed by atoms with E-state index in [0.29, 0.717) is 17.5 Å². The van der Waals surface area contributed by atoms with Gasteiger partial charge in [0, 0.05) is 36.2 Å². The minimum Gasteiger partial charge on any atom is -0.365 e. The van der Waals surface area contributed by atoms with Gasteiger partial charge >= 0.3 is 0 Å². The highest BCUT2D eigenvalue weighted by molar-refractivity contribution is 5.96. The molecular weight excluding hydrogens is 368 g/mol. The molecule has 1 aliphatic rings. The molecule has 9 nitrogen and oxygen atoms in total. The van der Waals surface area contributed by atoms with Crippen molar-refractivity contribution in [3.05, 3.63) is 54.6 Å². The Morgan fingerprint density at radius 3 is 2.62 bits per heavy atom. The molecule has 29 heavy (non-hydrogen) atoms. The summed E-state index contributed by atoms with van der Waals surface area (Å²) >= 11 is 0. The number of piperidine rings is 1. The van der Waals surface area contributed by atoms with Crippen LogP contribution in [0, 0.1) is 0 Å². The molecule has 2 aromatic heterocycles. The highest BCUT2D eigenvalue weighted by Crippen LogP contribution is 2.23. The molecule has 148 valence electrons. The predicted molar refractivity (Wildman–Crippen MR) is 111 cm³/mol. The number of hydrogen-bond donors (Lipinski definition) is 4. The first-order valence-corrected chi connectivity index (χ1v) is 9.47. The van der Waals surface area contributed by atoms with Crippen LogP contribution in [0.4, 0.5) is 17.3 Å². The molecule has 1 aromatic carbocycles. The van der Waals surface area contributed by atoms with E-state index in [9.17, 15) is 4.79 Å². The molecule has 4 rings (SSSR count). The number of nitrogens with one attached hydrogen (secondary N) is 3. The lowest BCUT2D eigenvalue weighted by Crippen LogP contribution is -2.38. The van der Waals surface area contributed by atoms with E-state index in [-0.39, 0.29) is 11.7 Å². The predicted octanol–water partition coefficient (Wildman–Crippen LogP) is 1.94. The van der Waals surface area contributed by atoms with Crippen molar-refractivity contribution in [2.75, 3.05) is 23.7 Å². The van der Waals surface area contributed by atoms with Crippen LogP contribution in [0.1, 0.15) is 23.3 Å². The molecule has 5 N–H and O–H groups in total. The Labute approximate surface area is 168 Å². The fraction of sp³-hybridized carbons (Fsp3) is 0.250. The molecule has 1 fully saturated rings. The van der Waals surface area contributed by atoms with Crippen molar-refractivity contribution in [2.45, 2.75) is 18.9 Å². The fourth-order valence-corrected chi connectivity index (χ4v) is 3.20. The van der Waals surface area contributed by atoms with E-state index in [4.69, 9.17) is 5.73 Å².